The zero-order valence-electron chi connectivity index (χ0n) is 10.8. The maximum absolute atomic E-state index is 11.5. The van der Waals surface area contributed by atoms with Gasteiger partial charge in [-0.05, 0) is 6.42 Å². The van der Waals surface area contributed by atoms with E-state index in [1.807, 2.05) is 0 Å². The second-order valence-corrected chi connectivity index (χ2v) is 4.28. The summed E-state index contributed by atoms with van der Waals surface area (Å²) in [5.74, 6) is -4.17. The lowest BCUT2D eigenvalue weighted by atomic mass is 10.1. The van der Waals surface area contributed by atoms with Gasteiger partial charge in [0.25, 0.3) is 0 Å². The molecular formula is C10H15N3O7S. The molecule has 2 amide bonds. The lowest BCUT2D eigenvalue weighted by molar-refractivity contribution is -0.139. The van der Waals surface area contributed by atoms with Gasteiger partial charge in [0.1, 0.15) is 12.6 Å². The second kappa shape index (κ2) is 9.69. The molecule has 0 aliphatic rings. The molecule has 0 aromatic carbocycles. The second-order valence-electron chi connectivity index (χ2n) is 3.91. The average Bonchev–Trinajstić information content (AvgIpc) is 2.42. The molecule has 0 fully saturated rings. The van der Waals surface area contributed by atoms with Crippen molar-refractivity contribution in [3.8, 4) is 0 Å². The predicted molar refractivity (Wildman–Crippen MR) is 72.9 cm³/mol. The van der Waals surface area contributed by atoms with Crippen molar-refractivity contribution >= 4 is 36.4 Å². The normalized spacial score (nSPS) is 12.8. The largest absolute Gasteiger partial charge is 0.480 e. The van der Waals surface area contributed by atoms with Crippen LogP contribution in [0, 0.1) is 4.91 Å². The van der Waals surface area contributed by atoms with Gasteiger partial charge >= 0.3 is 11.9 Å². The number of carbonyl (C=O) groups excluding carboxylic acids is 2. The predicted octanol–water partition coefficient (Wildman–Crippen LogP) is -1.40. The number of thiol groups is 1. The van der Waals surface area contributed by atoms with Gasteiger partial charge in [-0.2, -0.15) is 12.6 Å². The molecule has 0 saturated carbocycles. The molecule has 0 aromatic heterocycles. The Bertz CT molecular complexity index is 429. The van der Waals surface area contributed by atoms with Gasteiger partial charge in [0, 0.05) is 12.2 Å². The summed E-state index contributed by atoms with van der Waals surface area (Å²) in [6.07, 6.45) is -0.625. The smallest absolute Gasteiger partial charge is 0.332 e. The molecule has 0 aliphatic carbocycles. The highest BCUT2D eigenvalue weighted by Gasteiger charge is 2.22. The van der Waals surface area contributed by atoms with E-state index in [9.17, 15) is 24.1 Å². The summed E-state index contributed by atoms with van der Waals surface area (Å²) < 4.78 is 0. The van der Waals surface area contributed by atoms with E-state index >= 15 is 0 Å². The molecule has 0 bridgehead atoms. The van der Waals surface area contributed by atoms with Gasteiger partial charge in [-0.15, -0.1) is 4.91 Å². The van der Waals surface area contributed by atoms with E-state index in [1.165, 1.54) is 0 Å². The summed E-state index contributed by atoms with van der Waals surface area (Å²) >= 11 is 3.85. The molecule has 0 saturated heterocycles. The van der Waals surface area contributed by atoms with Crippen molar-refractivity contribution in [1.82, 2.24) is 10.6 Å². The molecule has 0 rings (SSSR count). The van der Waals surface area contributed by atoms with E-state index in [0.717, 1.165) is 0 Å². The average molecular weight is 321 g/mol. The van der Waals surface area contributed by atoms with E-state index in [4.69, 9.17) is 10.2 Å². The van der Waals surface area contributed by atoms with Crippen LogP contribution in [-0.2, 0) is 19.2 Å². The van der Waals surface area contributed by atoms with Crippen LogP contribution >= 0.6 is 12.6 Å². The minimum atomic E-state index is -1.54. The Morgan fingerprint density at radius 2 is 1.81 bits per heavy atom. The van der Waals surface area contributed by atoms with Crippen LogP contribution in [0.4, 0.5) is 0 Å². The fourth-order valence-corrected chi connectivity index (χ4v) is 1.49. The maximum atomic E-state index is 11.5. The molecule has 0 aromatic rings. The first-order chi connectivity index (χ1) is 9.81. The molecule has 0 radical (unpaired) electrons. The van der Waals surface area contributed by atoms with Crippen LogP contribution in [0.2, 0.25) is 0 Å². The Kier molecular flexibility index (Phi) is 8.69. The summed E-state index contributed by atoms with van der Waals surface area (Å²) in [5, 5.41) is 23.6. The third kappa shape index (κ3) is 7.87. The van der Waals surface area contributed by atoms with Crippen molar-refractivity contribution in [2.24, 2.45) is 5.18 Å². The number of amides is 2. The van der Waals surface area contributed by atoms with Crippen molar-refractivity contribution in [3.63, 3.8) is 0 Å². The first kappa shape index (κ1) is 18.8. The molecular weight excluding hydrogens is 306 g/mol. The minimum absolute atomic E-state index is 0.0779. The van der Waals surface area contributed by atoms with Gasteiger partial charge in [-0.3, -0.25) is 14.4 Å². The van der Waals surface area contributed by atoms with Gasteiger partial charge in [0.15, 0.2) is 6.04 Å². The van der Waals surface area contributed by atoms with E-state index in [0.29, 0.717) is 0 Å². The Labute approximate surface area is 124 Å². The number of rotatable bonds is 10. The summed E-state index contributed by atoms with van der Waals surface area (Å²) in [6.45, 7) is -0.602. The minimum Gasteiger partial charge on any atom is -0.480 e. The van der Waals surface area contributed by atoms with Crippen LogP contribution in [0.3, 0.4) is 0 Å². The molecule has 11 heteroatoms. The molecule has 21 heavy (non-hydrogen) atoms. The molecule has 0 aliphatic heterocycles. The maximum Gasteiger partial charge on any atom is 0.332 e. The third-order valence-corrected chi connectivity index (χ3v) is 2.67. The SMILES string of the molecule is O=N[C@@H](CCC(=O)N[C@@H](CS)C(=O)NCC(=O)O)C(=O)O. The highest BCUT2D eigenvalue weighted by molar-refractivity contribution is 7.80. The van der Waals surface area contributed by atoms with Crippen LogP contribution in [-0.4, -0.2) is 58.3 Å². The summed E-state index contributed by atoms with van der Waals surface area (Å²) in [7, 11) is 0. The highest BCUT2D eigenvalue weighted by Crippen LogP contribution is 2.02. The number of carboxylic acids is 2. The van der Waals surface area contributed by atoms with E-state index in [-0.39, 0.29) is 18.6 Å². The van der Waals surface area contributed by atoms with E-state index < -0.39 is 42.4 Å². The molecule has 0 heterocycles. The first-order valence-electron chi connectivity index (χ1n) is 5.76. The van der Waals surface area contributed by atoms with Crippen LogP contribution in [0.1, 0.15) is 12.8 Å². The first-order valence-corrected chi connectivity index (χ1v) is 6.40. The number of nitrogens with one attached hydrogen (secondary N) is 2. The van der Waals surface area contributed by atoms with Crippen LogP contribution in [0.5, 0.6) is 0 Å². The lowest BCUT2D eigenvalue weighted by Gasteiger charge is -2.15. The topological polar surface area (TPSA) is 162 Å². The molecule has 0 unspecified atom stereocenters. The van der Waals surface area contributed by atoms with Gasteiger partial charge in [0.2, 0.25) is 11.8 Å². The Morgan fingerprint density at radius 1 is 1.19 bits per heavy atom. The summed E-state index contributed by atoms with van der Waals surface area (Å²) in [6, 6.07) is -2.60. The number of nitrogens with zero attached hydrogens (tertiary/aromatic N) is 1. The highest BCUT2D eigenvalue weighted by atomic mass is 32.1. The van der Waals surface area contributed by atoms with E-state index in [2.05, 4.69) is 28.4 Å². The van der Waals surface area contributed by atoms with E-state index in [1.54, 1.807) is 0 Å². The van der Waals surface area contributed by atoms with Crippen LogP contribution in [0.15, 0.2) is 5.18 Å². The van der Waals surface area contributed by atoms with Gasteiger partial charge in [-0.1, -0.05) is 5.18 Å². The zero-order valence-corrected chi connectivity index (χ0v) is 11.7. The number of carboxylic acid groups (broad SMARTS) is 2. The number of hydrogen-bond donors (Lipinski definition) is 5. The van der Waals surface area contributed by atoms with Crippen molar-refractivity contribution in [2.45, 2.75) is 24.9 Å². The fraction of sp³-hybridized carbons (Fsp3) is 0.600. The Balaban J connectivity index is 4.32. The van der Waals surface area contributed by atoms with Crippen molar-refractivity contribution in [2.75, 3.05) is 12.3 Å². The number of nitroso groups, excluding NO2 is 1. The molecule has 10 nitrogen and oxygen atoms in total. The number of carbonyl (C=O) groups is 4. The zero-order chi connectivity index (χ0) is 16.4. The van der Waals surface area contributed by atoms with Crippen LogP contribution < -0.4 is 10.6 Å². The van der Waals surface area contributed by atoms with Crippen molar-refractivity contribution in [1.29, 1.82) is 0 Å². The molecule has 118 valence electrons. The quantitative estimate of drug-likeness (QED) is 0.244. The molecule has 4 N–H and O–H groups in total. The van der Waals surface area contributed by atoms with Crippen LogP contribution in [0.25, 0.3) is 0 Å². The lowest BCUT2D eigenvalue weighted by Crippen LogP contribution is -2.49. The Hall–Kier alpha value is -2.17. The molecule has 2 atom stereocenters. The monoisotopic (exact) mass is 321 g/mol. The molecule has 0 spiro atoms. The van der Waals surface area contributed by atoms with Gasteiger partial charge < -0.3 is 20.8 Å². The third-order valence-electron chi connectivity index (χ3n) is 2.31. The summed E-state index contributed by atoms with van der Waals surface area (Å²) in [5.41, 5.74) is 0. The number of hydrogen-bond acceptors (Lipinski definition) is 7. The summed E-state index contributed by atoms with van der Waals surface area (Å²) in [4.78, 5) is 54.1. The Morgan fingerprint density at radius 3 is 2.24 bits per heavy atom. The standard InChI is InChI=1S/C10H15N3O7S/c14-7(2-1-5(13-20)10(18)19)12-6(4-21)9(17)11-3-8(15)16/h5-6,21H,1-4H2,(H,11,17)(H,12,14)(H,15,16)(H,18,19)/t5-,6-/m0/s1. The number of aliphatic carboxylic acids is 2. The van der Waals surface area contributed by atoms with Crippen molar-refractivity contribution in [3.05, 3.63) is 4.91 Å². The fourth-order valence-electron chi connectivity index (χ4n) is 1.24. The van der Waals surface area contributed by atoms with Gasteiger partial charge in [0.05, 0.1) is 0 Å². The van der Waals surface area contributed by atoms with Crippen molar-refractivity contribution < 1.29 is 29.4 Å². The van der Waals surface area contributed by atoms with Gasteiger partial charge in [-0.25, -0.2) is 4.79 Å².